The van der Waals surface area contributed by atoms with Gasteiger partial charge in [-0.1, -0.05) is 12.1 Å². The van der Waals surface area contributed by atoms with E-state index < -0.39 is 11.7 Å². The molecule has 7 nitrogen and oxygen atoms in total. The Morgan fingerprint density at radius 3 is 2.62 bits per heavy atom. The molecule has 3 heterocycles. The summed E-state index contributed by atoms with van der Waals surface area (Å²) in [4.78, 5) is 26.7. The van der Waals surface area contributed by atoms with Gasteiger partial charge in [0, 0.05) is 13.1 Å². The number of carbonyl (C=O) groups is 1. The summed E-state index contributed by atoms with van der Waals surface area (Å²) in [5.41, 5.74) is -0.0260. The molecule has 0 bridgehead atoms. The predicted octanol–water partition coefficient (Wildman–Crippen LogP) is 1.93. The molecule has 7 heteroatoms. The van der Waals surface area contributed by atoms with Gasteiger partial charge in [-0.25, -0.2) is 4.79 Å². The lowest BCUT2D eigenvalue weighted by Gasteiger charge is -2.27. The number of amides is 1. The summed E-state index contributed by atoms with van der Waals surface area (Å²) in [7, 11) is 0. The Morgan fingerprint density at radius 2 is 1.88 bits per heavy atom. The number of fused-ring (bicyclic) bond motifs is 1. The number of aryl methyl sites for hydroxylation is 1. The van der Waals surface area contributed by atoms with E-state index in [2.05, 4.69) is 0 Å². The standard InChI is InChI=1S/C19H19NO6/c1-12-10-15(16-11-24-13-4-2-3-5-14(13)25-16)26-19(22)17(12)18(21)20-6-8-23-9-7-20/h2-5,10,16H,6-9,11H2,1H3. The third kappa shape index (κ3) is 3.06. The van der Waals surface area contributed by atoms with E-state index in [0.29, 0.717) is 49.1 Å². The second-order valence-corrected chi connectivity index (χ2v) is 6.26. The van der Waals surface area contributed by atoms with E-state index in [-0.39, 0.29) is 18.1 Å². The molecule has 2 aliphatic heterocycles. The second kappa shape index (κ2) is 6.84. The SMILES string of the molecule is Cc1cc(C2COc3ccccc3O2)oc(=O)c1C(=O)N1CCOCC1. The van der Waals surface area contributed by atoms with Gasteiger partial charge in [0.05, 0.1) is 13.2 Å². The molecular weight excluding hydrogens is 338 g/mol. The molecule has 1 aromatic carbocycles. The van der Waals surface area contributed by atoms with Crippen LogP contribution in [0.15, 0.2) is 39.5 Å². The highest BCUT2D eigenvalue weighted by Crippen LogP contribution is 2.35. The smallest absolute Gasteiger partial charge is 0.349 e. The number of rotatable bonds is 2. The maximum atomic E-state index is 12.6. The number of ether oxygens (including phenoxy) is 3. The number of hydrogen-bond donors (Lipinski definition) is 0. The zero-order chi connectivity index (χ0) is 18.1. The molecule has 1 saturated heterocycles. The Hall–Kier alpha value is -2.80. The van der Waals surface area contributed by atoms with E-state index in [1.54, 1.807) is 24.0 Å². The van der Waals surface area contributed by atoms with Crippen LogP contribution in [0.1, 0.15) is 27.8 Å². The molecule has 0 aliphatic carbocycles. The molecular formula is C19H19NO6. The molecule has 1 aromatic heterocycles. The molecule has 2 aromatic rings. The number of benzene rings is 1. The minimum Gasteiger partial charge on any atom is -0.485 e. The van der Waals surface area contributed by atoms with Gasteiger partial charge in [0.25, 0.3) is 5.91 Å². The lowest BCUT2D eigenvalue weighted by molar-refractivity contribution is 0.0297. The highest BCUT2D eigenvalue weighted by atomic mass is 16.6. The number of para-hydroxylation sites is 2. The molecule has 0 radical (unpaired) electrons. The van der Waals surface area contributed by atoms with Gasteiger partial charge < -0.3 is 23.5 Å². The van der Waals surface area contributed by atoms with Crippen molar-refractivity contribution in [3.8, 4) is 11.5 Å². The average Bonchev–Trinajstić information content (AvgIpc) is 2.67. The predicted molar refractivity (Wildman–Crippen MR) is 91.7 cm³/mol. The minimum absolute atomic E-state index is 0.0628. The first kappa shape index (κ1) is 16.7. The van der Waals surface area contributed by atoms with E-state index in [1.165, 1.54) is 0 Å². The van der Waals surface area contributed by atoms with Crippen LogP contribution in [0, 0.1) is 6.92 Å². The Bertz CT molecular complexity index is 884. The lowest BCUT2D eigenvalue weighted by Crippen LogP contribution is -2.42. The Labute approximate surface area is 150 Å². The first-order valence-corrected chi connectivity index (χ1v) is 8.53. The van der Waals surface area contributed by atoms with Crippen molar-refractivity contribution in [2.75, 3.05) is 32.9 Å². The molecule has 0 N–H and O–H groups in total. The van der Waals surface area contributed by atoms with E-state index in [1.807, 2.05) is 18.2 Å². The highest BCUT2D eigenvalue weighted by molar-refractivity contribution is 5.95. The zero-order valence-electron chi connectivity index (χ0n) is 14.4. The Balaban J connectivity index is 1.60. The molecule has 0 saturated carbocycles. The second-order valence-electron chi connectivity index (χ2n) is 6.26. The molecule has 136 valence electrons. The van der Waals surface area contributed by atoms with Crippen LogP contribution in [0.5, 0.6) is 11.5 Å². The summed E-state index contributed by atoms with van der Waals surface area (Å²) in [6.45, 7) is 3.84. The third-order valence-electron chi connectivity index (χ3n) is 4.51. The monoisotopic (exact) mass is 357 g/mol. The zero-order valence-corrected chi connectivity index (χ0v) is 14.4. The van der Waals surface area contributed by atoms with Crippen molar-refractivity contribution in [1.29, 1.82) is 0 Å². The third-order valence-corrected chi connectivity index (χ3v) is 4.51. The van der Waals surface area contributed by atoms with Crippen LogP contribution in [0.2, 0.25) is 0 Å². The van der Waals surface area contributed by atoms with Crippen LogP contribution in [0.25, 0.3) is 0 Å². The number of carbonyl (C=O) groups excluding carboxylic acids is 1. The van der Waals surface area contributed by atoms with Gasteiger partial charge in [0.2, 0.25) is 0 Å². The summed E-state index contributed by atoms with van der Waals surface area (Å²) in [5.74, 6) is 1.28. The number of hydrogen-bond acceptors (Lipinski definition) is 6. The molecule has 4 rings (SSSR count). The summed E-state index contributed by atoms with van der Waals surface area (Å²) in [6.07, 6.45) is -0.538. The maximum absolute atomic E-state index is 12.6. The Morgan fingerprint density at radius 1 is 1.15 bits per heavy atom. The normalized spacial score (nSPS) is 19.3. The summed E-state index contributed by atoms with van der Waals surface area (Å²) < 4.78 is 22.2. The van der Waals surface area contributed by atoms with Crippen LogP contribution >= 0.6 is 0 Å². The van der Waals surface area contributed by atoms with E-state index >= 15 is 0 Å². The van der Waals surface area contributed by atoms with Gasteiger partial charge in [0.1, 0.15) is 12.2 Å². The molecule has 0 spiro atoms. The van der Waals surface area contributed by atoms with Crippen molar-refractivity contribution in [2.24, 2.45) is 0 Å². The molecule has 2 aliphatic rings. The lowest BCUT2D eigenvalue weighted by atomic mass is 10.1. The molecule has 1 fully saturated rings. The van der Waals surface area contributed by atoms with Crippen molar-refractivity contribution >= 4 is 5.91 Å². The quantitative estimate of drug-likeness (QED) is 0.817. The first-order chi connectivity index (χ1) is 12.6. The van der Waals surface area contributed by atoms with Crippen LogP contribution in [0.4, 0.5) is 0 Å². The van der Waals surface area contributed by atoms with Gasteiger partial charge in [-0.05, 0) is 30.7 Å². The minimum atomic E-state index is -0.654. The summed E-state index contributed by atoms with van der Waals surface area (Å²) in [5, 5.41) is 0. The Kier molecular flexibility index (Phi) is 4.38. The fourth-order valence-corrected chi connectivity index (χ4v) is 3.13. The fourth-order valence-electron chi connectivity index (χ4n) is 3.13. The molecule has 1 atom stereocenters. The molecule has 26 heavy (non-hydrogen) atoms. The van der Waals surface area contributed by atoms with Crippen molar-refractivity contribution < 1.29 is 23.4 Å². The molecule has 1 unspecified atom stereocenters. The fraction of sp³-hybridized carbons (Fsp3) is 0.368. The maximum Gasteiger partial charge on any atom is 0.349 e. The van der Waals surface area contributed by atoms with Crippen LogP contribution in [-0.2, 0) is 4.74 Å². The van der Waals surface area contributed by atoms with E-state index in [9.17, 15) is 9.59 Å². The number of morpholine rings is 1. The van der Waals surface area contributed by atoms with Crippen molar-refractivity contribution in [3.63, 3.8) is 0 Å². The van der Waals surface area contributed by atoms with Crippen LogP contribution < -0.4 is 15.1 Å². The van der Waals surface area contributed by atoms with E-state index in [0.717, 1.165) is 0 Å². The summed E-state index contributed by atoms with van der Waals surface area (Å²) in [6, 6.07) is 8.99. The van der Waals surface area contributed by atoms with Crippen LogP contribution in [0.3, 0.4) is 0 Å². The number of nitrogens with zero attached hydrogens (tertiary/aromatic N) is 1. The van der Waals surface area contributed by atoms with Gasteiger partial charge in [-0.15, -0.1) is 0 Å². The van der Waals surface area contributed by atoms with Gasteiger partial charge in [0.15, 0.2) is 23.4 Å². The average molecular weight is 357 g/mol. The van der Waals surface area contributed by atoms with E-state index in [4.69, 9.17) is 18.6 Å². The van der Waals surface area contributed by atoms with Gasteiger partial charge in [-0.3, -0.25) is 4.79 Å². The van der Waals surface area contributed by atoms with Crippen molar-refractivity contribution in [2.45, 2.75) is 13.0 Å². The van der Waals surface area contributed by atoms with Gasteiger partial charge in [-0.2, -0.15) is 0 Å². The molecule has 1 amide bonds. The summed E-state index contributed by atoms with van der Waals surface area (Å²) >= 11 is 0. The topological polar surface area (TPSA) is 78.2 Å². The highest BCUT2D eigenvalue weighted by Gasteiger charge is 2.28. The van der Waals surface area contributed by atoms with Crippen LogP contribution in [-0.4, -0.2) is 43.7 Å². The van der Waals surface area contributed by atoms with Crippen molar-refractivity contribution in [3.05, 3.63) is 57.6 Å². The largest absolute Gasteiger partial charge is 0.485 e. The van der Waals surface area contributed by atoms with Gasteiger partial charge >= 0.3 is 5.63 Å². The first-order valence-electron chi connectivity index (χ1n) is 8.53. The van der Waals surface area contributed by atoms with Crippen molar-refractivity contribution in [1.82, 2.24) is 4.90 Å².